The van der Waals surface area contributed by atoms with Crippen LogP contribution in [0.5, 0.6) is 0 Å². The Bertz CT molecular complexity index is 194. The van der Waals surface area contributed by atoms with E-state index in [-0.39, 0.29) is 0 Å². The summed E-state index contributed by atoms with van der Waals surface area (Å²) in [5.74, 6) is 2.46. The molecule has 4 atom stereocenters. The van der Waals surface area contributed by atoms with Crippen LogP contribution in [-0.2, 0) is 0 Å². The summed E-state index contributed by atoms with van der Waals surface area (Å²) < 4.78 is 0. The summed E-state index contributed by atoms with van der Waals surface area (Å²) in [6, 6.07) is 0. The van der Waals surface area contributed by atoms with Crippen molar-refractivity contribution in [2.75, 3.05) is 19.6 Å². The van der Waals surface area contributed by atoms with Gasteiger partial charge in [0.25, 0.3) is 0 Å². The van der Waals surface area contributed by atoms with Crippen molar-refractivity contribution in [2.24, 2.45) is 17.8 Å². The van der Waals surface area contributed by atoms with Gasteiger partial charge < -0.3 is 4.90 Å². The second-order valence-corrected chi connectivity index (χ2v) is 7.02. The first kappa shape index (κ1) is 18.4. The summed E-state index contributed by atoms with van der Waals surface area (Å²) in [5.41, 5.74) is 0.767. The highest BCUT2D eigenvalue weighted by Gasteiger charge is 2.24. The Hall–Kier alpha value is 0.390. The largest absolute Gasteiger partial charge is 0.303 e. The molecule has 110 valence electrons. The van der Waals surface area contributed by atoms with Gasteiger partial charge in [-0.3, -0.25) is 0 Å². The molecule has 0 aromatic rings. The molecular weight excluding hydrogens is 237 g/mol. The molecule has 0 fully saturated rings. The van der Waals surface area contributed by atoms with Crippen LogP contribution in [0, 0.1) is 17.8 Å². The van der Waals surface area contributed by atoms with Crippen LogP contribution in [-0.4, -0.2) is 30.2 Å². The molecule has 0 radical (unpaired) electrons. The zero-order valence-corrected chi connectivity index (χ0v) is 14.7. The molecule has 0 aromatic heterocycles. The van der Waals surface area contributed by atoms with E-state index in [1.54, 1.807) is 0 Å². The van der Waals surface area contributed by atoms with Crippen LogP contribution in [0.3, 0.4) is 0 Å². The van der Waals surface area contributed by atoms with Crippen LogP contribution in [0.4, 0.5) is 0 Å². The van der Waals surface area contributed by atoms with E-state index in [0.717, 1.165) is 23.4 Å². The highest BCUT2D eigenvalue weighted by atomic mass is 31.0. The molecule has 0 amide bonds. The summed E-state index contributed by atoms with van der Waals surface area (Å²) in [6.45, 7) is 17.7. The van der Waals surface area contributed by atoms with Gasteiger partial charge in [-0.25, -0.2) is 0 Å². The molecule has 2 heteroatoms. The van der Waals surface area contributed by atoms with E-state index in [1.807, 2.05) is 0 Å². The predicted octanol–water partition coefficient (Wildman–Crippen LogP) is 4.67. The molecule has 1 nitrogen and oxygen atoms in total. The number of hydrogen-bond acceptors (Lipinski definition) is 1. The maximum atomic E-state index is 3.14. The summed E-state index contributed by atoms with van der Waals surface area (Å²) in [6.07, 6.45) is 3.93. The molecule has 0 aliphatic rings. The van der Waals surface area contributed by atoms with E-state index >= 15 is 0 Å². The predicted molar refractivity (Wildman–Crippen MR) is 88.3 cm³/mol. The molecule has 0 spiro atoms. The quantitative estimate of drug-likeness (QED) is 0.523. The van der Waals surface area contributed by atoms with Crippen molar-refractivity contribution < 1.29 is 0 Å². The van der Waals surface area contributed by atoms with Gasteiger partial charge >= 0.3 is 0 Å². The van der Waals surface area contributed by atoms with Gasteiger partial charge in [-0.1, -0.05) is 48.0 Å². The van der Waals surface area contributed by atoms with E-state index < -0.39 is 0 Å². The van der Waals surface area contributed by atoms with Crippen molar-refractivity contribution in [3.05, 3.63) is 0 Å². The molecule has 0 aliphatic carbocycles. The first-order chi connectivity index (χ1) is 8.46. The average molecular weight is 273 g/mol. The summed E-state index contributed by atoms with van der Waals surface area (Å²) in [4.78, 5) is 2.63. The lowest BCUT2D eigenvalue weighted by Gasteiger charge is -2.34. The maximum absolute atomic E-state index is 3.14. The van der Waals surface area contributed by atoms with E-state index in [9.17, 15) is 0 Å². The fourth-order valence-electron chi connectivity index (χ4n) is 2.72. The topological polar surface area (TPSA) is 3.24 Å². The van der Waals surface area contributed by atoms with Gasteiger partial charge in [0.05, 0.1) is 0 Å². The Balaban J connectivity index is 4.55. The van der Waals surface area contributed by atoms with Crippen LogP contribution in [0.15, 0.2) is 0 Å². The highest BCUT2D eigenvalue weighted by Crippen LogP contribution is 2.29. The second-order valence-electron chi connectivity index (χ2n) is 6.25. The Morgan fingerprint density at radius 3 is 2.06 bits per heavy atom. The normalized spacial score (nSPS) is 17.2. The Labute approximate surface area is 118 Å². The first-order valence-electron chi connectivity index (χ1n) is 7.94. The molecule has 0 aliphatic heterocycles. The monoisotopic (exact) mass is 273 g/mol. The van der Waals surface area contributed by atoms with Crippen LogP contribution in [0.2, 0.25) is 0 Å². The summed E-state index contributed by atoms with van der Waals surface area (Å²) in [5, 5.41) is 0. The molecule has 18 heavy (non-hydrogen) atoms. The molecule has 0 rings (SSSR count). The highest BCUT2D eigenvalue weighted by molar-refractivity contribution is 7.17. The third-order valence-electron chi connectivity index (χ3n) is 4.10. The molecule has 0 saturated carbocycles. The fraction of sp³-hybridized carbons (Fsp3) is 1.00. The Kier molecular flexibility index (Phi) is 10.4. The summed E-state index contributed by atoms with van der Waals surface area (Å²) >= 11 is 0. The maximum Gasteiger partial charge on any atom is 0.00156 e. The molecule has 0 aromatic carbocycles. The minimum atomic E-state index is 0.767. The van der Waals surface area contributed by atoms with E-state index in [1.165, 1.54) is 38.9 Å². The number of hydrogen-bond donors (Lipinski definition) is 0. The van der Waals surface area contributed by atoms with Crippen molar-refractivity contribution in [1.82, 2.24) is 4.90 Å². The molecule has 0 N–H and O–H groups in total. The SMILES string of the molecule is CCCN(CC)CC(CC(C)C)C(P)C(C)CC. The number of nitrogens with zero attached hydrogens (tertiary/aromatic N) is 1. The van der Waals surface area contributed by atoms with Gasteiger partial charge in [0.15, 0.2) is 0 Å². The van der Waals surface area contributed by atoms with Gasteiger partial charge in [0, 0.05) is 6.54 Å². The lowest BCUT2D eigenvalue weighted by molar-refractivity contribution is 0.205. The molecule has 0 bridgehead atoms. The van der Waals surface area contributed by atoms with Crippen LogP contribution in [0.25, 0.3) is 0 Å². The Morgan fingerprint density at radius 1 is 1.06 bits per heavy atom. The van der Waals surface area contributed by atoms with Crippen LogP contribution < -0.4 is 0 Å². The smallest absolute Gasteiger partial charge is 0.00156 e. The van der Waals surface area contributed by atoms with Crippen LogP contribution >= 0.6 is 9.24 Å². The molecule has 4 unspecified atom stereocenters. The van der Waals surface area contributed by atoms with Crippen LogP contribution in [0.1, 0.15) is 60.8 Å². The van der Waals surface area contributed by atoms with Crippen molar-refractivity contribution in [2.45, 2.75) is 66.5 Å². The lowest BCUT2D eigenvalue weighted by Crippen LogP contribution is -2.36. The van der Waals surface area contributed by atoms with Crippen molar-refractivity contribution >= 4 is 9.24 Å². The molecule has 0 saturated heterocycles. The standard InChI is InChI=1S/C16H36NP/c1-7-10-17(9-3)12-15(11-13(4)5)16(18)14(6)8-2/h13-16H,7-12,18H2,1-6H3. The molecule has 0 heterocycles. The van der Waals surface area contributed by atoms with Gasteiger partial charge in [0.2, 0.25) is 0 Å². The van der Waals surface area contributed by atoms with Crippen molar-refractivity contribution in [3.8, 4) is 0 Å². The Morgan fingerprint density at radius 2 is 1.67 bits per heavy atom. The van der Waals surface area contributed by atoms with E-state index in [2.05, 4.69) is 55.7 Å². The second kappa shape index (κ2) is 10.2. The van der Waals surface area contributed by atoms with Gasteiger partial charge in [0.1, 0.15) is 0 Å². The van der Waals surface area contributed by atoms with Gasteiger partial charge in [-0.2, -0.15) is 0 Å². The lowest BCUT2D eigenvalue weighted by atomic mass is 9.86. The minimum absolute atomic E-state index is 0.767. The zero-order valence-electron chi connectivity index (χ0n) is 13.6. The van der Waals surface area contributed by atoms with E-state index in [4.69, 9.17) is 0 Å². The summed E-state index contributed by atoms with van der Waals surface area (Å²) in [7, 11) is 3.14. The minimum Gasteiger partial charge on any atom is -0.303 e. The molecular formula is C16H36NP. The zero-order chi connectivity index (χ0) is 14.1. The van der Waals surface area contributed by atoms with Gasteiger partial charge in [-0.05, 0) is 49.3 Å². The first-order valence-corrected chi connectivity index (χ1v) is 8.60. The number of rotatable bonds is 10. The third kappa shape index (κ3) is 7.10. The van der Waals surface area contributed by atoms with Crippen molar-refractivity contribution in [1.29, 1.82) is 0 Å². The fourth-order valence-corrected chi connectivity index (χ4v) is 3.27. The van der Waals surface area contributed by atoms with Gasteiger partial charge in [-0.15, -0.1) is 9.24 Å². The third-order valence-corrected chi connectivity index (χ3v) is 5.30. The van der Waals surface area contributed by atoms with E-state index in [0.29, 0.717) is 0 Å². The van der Waals surface area contributed by atoms with Crippen molar-refractivity contribution in [3.63, 3.8) is 0 Å². The average Bonchev–Trinajstić information content (AvgIpc) is 2.34.